The van der Waals surface area contributed by atoms with Crippen LogP contribution in [-0.2, 0) is 0 Å². The van der Waals surface area contributed by atoms with Crippen LogP contribution in [0.3, 0.4) is 0 Å². The molecular weight excluding hydrogens is 225 g/mol. The van der Waals surface area contributed by atoms with Gasteiger partial charge in [0.15, 0.2) is 0 Å². The molecule has 16 heavy (non-hydrogen) atoms. The van der Waals surface area contributed by atoms with Crippen LogP contribution in [0.2, 0.25) is 0 Å². The monoisotopic (exact) mass is 237 g/mol. The summed E-state index contributed by atoms with van der Waals surface area (Å²) in [6.45, 7) is 0.516. The predicted octanol–water partition coefficient (Wildman–Crippen LogP) is 2.26. The first kappa shape index (κ1) is 12.6. The Morgan fingerprint density at radius 1 is 1.56 bits per heavy atom. The van der Waals surface area contributed by atoms with Gasteiger partial charge in [0.05, 0.1) is 0 Å². The SMILES string of the molecule is C#CCCCNC(=O)c1ccc(F)c(S)c1. The Hall–Kier alpha value is -1.47. The molecule has 4 heteroatoms. The fraction of sp³-hybridized carbons (Fsp3) is 0.250. The van der Waals surface area contributed by atoms with Crippen LogP contribution >= 0.6 is 12.6 Å². The molecule has 0 atom stereocenters. The molecule has 0 saturated heterocycles. The molecule has 0 unspecified atom stereocenters. The Balaban J connectivity index is 2.53. The van der Waals surface area contributed by atoms with Gasteiger partial charge in [0.1, 0.15) is 5.82 Å². The minimum Gasteiger partial charge on any atom is -0.352 e. The summed E-state index contributed by atoms with van der Waals surface area (Å²) in [4.78, 5) is 11.7. The van der Waals surface area contributed by atoms with E-state index in [1.54, 1.807) is 0 Å². The zero-order valence-electron chi connectivity index (χ0n) is 8.66. The highest BCUT2D eigenvalue weighted by Gasteiger charge is 2.06. The molecule has 0 saturated carbocycles. The van der Waals surface area contributed by atoms with Crippen molar-refractivity contribution in [3.8, 4) is 12.3 Å². The van der Waals surface area contributed by atoms with E-state index in [1.165, 1.54) is 18.2 Å². The molecule has 0 fully saturated rings. The zero-order valence-corrected chi connectivity index (χ0v) is 9.56. The van der Waals surface area contributed by atoms with Crippen LogP contribution in [-0.4, -0.2) is 12.5 Å². The summed E-state index contributed by atoms with van der Waals surface area (Å²) in [6.07, 6.45) is 6.44. The minimum absolute atomic E-state index is 0.163. The van der Waals surface area contributed by atoms with Crippen molar-refractivity contribution in [2.45, 2.75) is 17.7 Å². The van der Waals surface area contributed by atoms with Gasteiger partial charge in [-0.3, -0.25) is 4.79 Å². The minimum atomic E-state index is -0.438. The second kappa shape index (κ2) is 6.19. The van der Waals surface area contributed by atoms with E-state index in [1.807, 2.05) is 0 Å². The lowest BCUT2D eigenvalue weighted by Gasteiger charge is -2.04. The molecule has 1 amide bonds. The lowest BCUT2D eigenvalue weighted by Crippen LogP contribution is -2.24. The van der Waals surface area contributed by atoms with Crippen molar-refractivity contribution in [3.63, 3.8) is 0 Å². The number of carbonyl (C=O) groups is 1. The third-order valence-electron chi connectivity index (χ3n) is 1.99. The van der Waals surface area contributed by atoms with Crippen molar-refractivity contribution in [1.29, 1.82) is 0 Å². The fourth-order valence-corrected chi connectivity index (χ4v) is 1.36. The maximum Gasteiger partial charge on any atom is 0.251 e. The molecule has 0 radical (unpaired) electrons. The number of unbranched alkanes of at least 4 members (excludes halogenated alkanes) is 1. The smallest absolute Gasteiger partial charge is 0.251 e. The van der Waals surface area contributed by atoms with Crippen LogP contribution in [0.25, 0.3) is 0 Å². The number of amides is 1. The Morgan fingerprint density at radius 2 is 2.31 bits per heavy atom. The lowest BCUT2D eigenvalue weighted by atomic mass is 10.2. The normalized spacial score (nSPS) is 9.56. The van der Waals surface area contributed by atoms with Gasteiger partial charge in [-0.05, 0) is 24.6 Å². The molecule has 0 heterocycles. The van der Waals surface area contributed by atoms with Gasteiger partial charge in [0.25, 0.3) is 5.91 Å². The Morgan fingerprint density at radius 3 is 2.94 bits per heavy atom. The zero-order chi connectivity index (χ0) is 12.0. The van der Waals surface area contributed by atoms with E-state index in [4.69, 9.17) is 6.42 Å². The number of rotatable bonds is 4. The van der Waals surface area contributed by atoms with Gasteiger partial charge in [-0.25, -0.2) is 4.39 Å². The Bertz CT molecular complexity index is 426. The number of hydrogen-bond donors (Lipinski definition) is 2. The van der Waals surface area contributed by atoms with Crippen molar-refractivity contribution in [2.75, 3.05) is 6.54 Å². The number of thiol groups is 1. The van der Waals surface area contributed by atoms with Gasteiger partial charge in [-0.1, -0.05) is 0 Å². The fourth-order valence-electron chi connectivity index (χ4n) is 1.15. The number of hydrogen-bond acceptors (Lipinski definition) is 2. The summed E-state index contributed by atoms with van der Waals surface area (Å²) in [5.41, 5.74) is 0.395. The van der Waals surface area contributed by atoms with E-state index in [0.29, 0.717) is 18.5 Å². The third kappa shape index (κ3) is 3.59. The maximum atomic E-state index is 12.9. The molecule has 0 spiro atoms. The first-order valence-corrected chi connectivity index (χ1v) is 5.30. The molecule has 0 bridgehead atoms. The van der Waals surface area contributed by atoms with Crippen LogP contribution in [0.4, 0.5) is 4.39 Å². The van der Waals surface area contributed by atoms with Crippen molar-refractivity contribution >= 4 is 18.5 Å². The highest BCUT2D eigenvalue weighted by atomic mass is 32.1. The number of carbonyl (C=O) groups excluding carboxylic acids is 1. The third-order valence-corrected chi connectivity index (χ3v) is 2.33. The Labute approximate surface area is 99.7 Å². The van der Waals surface area contributed by atoms with Gasteiger partial charge in [0, 0.05) is 23.4 Å². The van der Waals surface area contributed by atoms with Crippen LogP contribution in [0.15, 0.2) is 23.1 Å². The van der Waals surface area contributed by atoms with E-state index in [-0.39, 0.29) is 10.8 Å². The Kier molecular flexibility index (Phi) is 4.87. The quantitative estimate of drug-likeness (QED) is 0.469. The van der Waals surface area contributed by atoms with Crippen molar-refractivity contribution < 1.29 is 9.18 Å². The van der Waals surface area contributed by atoms with Gasteiger partial charge in [-0.2, -0.15) is 0 Å². The highest BCUT2D eigenvalue weighted by molar-refractivity contribution is 7.80. The standard InChI is InChI=1S/C12H12FNOS/c1-2-3-4-7-14-12(15)9-5-6-10(13)11(16)8-9/h1,5-6,8,16H,3-4,7H2,(H,14,15). The van der Waals surface area contributed by atoms with Gasteiger partial charge >= 0.3 is 0 Å². The van der Waals surface area contributed by atoms with E-state index in [2.05, 4.69) is 23.9 Å². The van der Waals surface area contributed by atoms with Crippen molar-refractivity contribution in [1.82, 2.24) is 5.32 Å². The lowest BCUT2D eigenvalue weighted by molar-refractivity contribution is 0.0953. The van der Waals surface area contributed by atoms with E-state index in [0.717, 1.165) is 6.42 Å². The summed E-state index contributed by atoms with van der Waals surface area (Å²) in [5, 5.41) is 2.69. The van der Waals surface area contributed by atoms with E-state index in [9.17, 15) is 9.18 Å². The van der Waals surface area contributed by atoms with Crippen LogP contribution < -0.4 is 5.32 Å². The molecular formula is C12H12FNOS. The average molecular weight is 237 g/mol. The van der Waals surface area contributed by atoms with Gasteiger partial charge < -0.3 is 5.32 Å². The first-order valence-electron chi connectivity index (χ1n) is 4.85. The molecule has 0 aliphatic carbocycles. The maximum absolute atomic E-state index is 12.9. The number of benzene rings is 1. The van der Waals surface area contributed by atoms with Crippen molar-refractivity contribution in [3.05, 3.63) is 29.6 Å². The van der Waals surface area contributed by atoms with Crippen LogP contribution in [0, 0.1) is 18.2 Å². The molecule has 1 N–H and O–H groups in total. The summed E-state index contributed by atoms with van der Waals surface area (Å²) in [7, 11) is 0. The molecule has 1 aromatic carbocycles. The molecule has 2 nitrogen and oxygen atoms in total. The summed E-state index contributed by atoms with van der Waals surface area (Å²) >= 11 is 3.91. The molecule has 0 aromatic heterocycles. The molecule has 84 valence electrons. The van der Waals surface area contributed by atoms with Gasteiger partial charge in [-0.15, -0.1) is 25.0 Å². The summed E-state index contributed by atoms with van der Waals surface area (Å²) in [6, 6.07) is 4.04. The molecule has 1 aromatic rings. The number of terminal acetylenes is 1. The number of halogens is 1. The summed E-state index contributed by atoms with van der Waals surface area (Å²) < 4.78 is 12.9. The van der Waals surface area contributed by atoms with E-state index < -0.39 is 5.82 Å². The van der Waals surface area contributed by atoms with E-state index >= 15 is 0 Å². The van der Waals surface area contributed by atoms with Crippen LogP contribution in [0.1, 0.15) is 23.2 Å². The second-order valence-corrected chi connectivity index (χ2v) is 3.71. The van der Waals surface area contributed by atoms with Crippen molar-refractivity contribution in [2.24, 2.45) is 0 Å². The predicted molar refractivity (Wildman–Crippen MR) is 64.1 cm³/mol. The average Bonchev–Trinajstić information content (AvgIpc) is 2.28. The van der Waals surface area contributed by atoms with Crippen LogP contribution in [0.5, 0.6) is 0 Å². The topological polar surface area (TPSA) is 29.1 Å². The molecule has 0 aliphatic heterocycles. The molecule has 0 aliphatic rings. The van der Waals surface area contributed by atoms with Gasteiger partial charge in [0.2, 0.25) is 0 Å². The first-order chi connectivity index (χ1) is 7.65. The second-order valence-electron chi connectivity index (χ2n) is 3.23. The number of nitrogens with one attached hydrogen (secondary N) is 1. The highest BCUT2D eigenvalue weighted by Crippen LogP contribution is 2.13. The summed E-state index contributed by atoms with van der Waals surface area (Å²) in [5.74, 6) is 1.80. The molecule has 1 rings (SSSR count). The largest absolute Gasteiger partial charge is 0.352 e.